The van der Waals surface area contributed by atoms with Crippen LogP contribution >= 0.6 is 11.3 Å². The fourth-order valence-corrected chi connectivity index (χ4v) is 5.61. The van der Waals surface area contributed by atoms with Crippen LogP contribution in [-0.2, 0) is 0 Å². The van der Waals surface area contributed by atoms with Crippen molar-refractivity contribution in [3.05, 3.63) is 39.9 Å². The van der Waals surface area contributed by atoms with Crippen LogP contribution in [0.25, 0.3) is 11.0 Å². The largest absolute Gasteiger partial charge is 0.368 e. The predicted molar refractivity (Wildman–Crippen MR) is 127 cm³/mol. The summed E-state index contributed by atoms with van der Waals surface area (Å²) in [6.45, 7) is 9.45. The number of anilines is 1. The number of likely N-dealkylation sites (N-methyl/N-ethyl adjacent to an activating group) is 1. The number of thiazole rings is 1. The summed E-state index contributed by atoms with van der Waals surface area (Å²) in [6, 6.07) is 2.15. The summed E-state index contributed by atoms with van der Waals surface area (Å²) in [5.41, 5.74) is 4.77. The van der Waals surface area contributed by atoms with Gasteiger partial charge >= 0.3 is 0 Å². The summed E-state index contributed by atoms with van der Waals surface area (Å²) in [7, 11) is 2.16. The Morgan fingerprint density at radius 2 is 1.78 bits per heavy atom. The maximum Gasteiger partial charge on any atom is 0.265 e. The number of piperazine rings is 1. The molecule has 0 bridgehead atoms. The normalized spacial score (nSPS) is 18.5. The van der Waals surface area contributed by atoms with Crippen LogP contribution in [0.5, 0.6) is 0 Å². The fourth-order valence-electron chi connectivity index (χ4n) is 4.72. The van der Waals surface area contributed by atoms with Gasteiger partial charge in [-0.25, -0.2) is 15.0 Å². The van der Waals surface area contributed by atoms with E-state index in [1.54, 1.807) is 6.33 Å². The van der Waals surface area contributed by atoms with Crippen molar-refractivity contribution in [3.8, 4) is 0 Å². The van der Waals surface area contributed by atoms with E-state index in [2.05, 4.69) is 37.9 Å². The van der Waals surface area contributed by atoms with Gasteiger partial charge in [-0.05, 0) is 39.8 Å². The molecule has 0 N–H and O–H groups in total. The summed E-state index contributed by atoms with van der Waals surface area (Å²) < 4.78 is 0. The molecule has 9 heteroatoms. The highest BCUT2D eigenvalue weighted by Crippen LogP contribution is 2.32. The van der Waals surface area contributed by atoms with Crippen molar-refractivity contribution in [1.82, 2.24) is 29.7 Å². The summed E-state index contributed by atoms with van der Waals surface area (Å²) in [4.78, 5) is 38.8. The first-order valence-corrected chi connectivity index (χ1v) is 12.1. The molecule has 0 radical (unpaired) electrons. The van der Waals surface area contributed by atoms with Gasteiger partial charge < -0.3 is 14.7 Å². The Morgan fingerprint density at radius 3 is 2.47 bits per heavy atom. The SMILES string of the molecule is Cc1nc(C)c(C(=O)N2CCC(c3ncnc4cc(N5CCN(C)CC5)cnc34)CC2)s1. The number of pyridine rings is 1. The number of hydrogen-bond donors (Lipinski definition) is 0. The second-order valence-electron chi connectivity index (χ2n) is 8.82. The molecule has 1 amide bonds. The lowest BCUT2D eigenvalue weighted by Crippen LogP contribution is -2.44. The number of carbonyl (C=O) groups is 1. The fraction of sp³-hybridized carbons (Fsp3) is 0.522. The molecule has 2 aliphatic rings. The van der Waals surface area contributed by atoms with Crippen LogP contribution < -0.4 is 4.90 Å². The molecular weight excluding hydrogens is 422 g/mol. The van der Waals surface area contributed by atoms with Gasteiger partial charge in [-0.2, -0.15) is 0 Å². The zero-order valence-electron chi connectivity index (χ0n) is 18.9. The topological polar surface area (TPSA) is 78.4 Å². The number of carbonyl (C=O) groups excluding carboxylic acids is 1. The molecule has 32 heavy (non-hydrogen) atoms. The third-order valence-corrected chi connectivity index (χ3v) is 7.69. The molecule has 2 aliphatic heterocycles. The van der Waals surface area contributed by atoms with Crippen molar-refractivity contribution < 1.29 is 4.79 Å². The summed E-state index contributed by atoms with van der Waals surface area (Å²) >= 11 is 1.49. The minimum Gasteiger partial charge on any atom is -0.368 e. The summed E-state index contributed by atoms with van der Waals surface area (Å²) in [5, 5.41) is 0.940. The zero-order valence-corrected chi connectivity index (χ0v) is 19.7. The first-order valence-electron chi connectivity index (χ1n) is 11.3. The monoisotopic (exact) mass is 451 g/mol. The average Bonchev–Trinajstić information content (AvgIpc) is 3.16. The molecule has 0 atom stereocenters. The molecule has 0 unspecified atom stereocenters. The van der Waals surface area contributed by atoms with Crippen LogP contribution in [-0.4, -0.2) is 82.0 Å². The number of fused-ring (bicyclic) bond motifs is 1. The van der Waals surface area contributed by atoms with Gasteiger partial charge in [0, 0.05) is 45.2 Å². The Bertz CT molecular complexity index is 1130. The molecule has 3 aromatic heterocycles. The molecule has 0 aliphatic carbocycles. The molecule has 0 aromatic carbocycles. The summed E-state index contributed by atoms with van der Waals surface area (Å²) in [6.07, 6.45) is 5.40. The third-order valence-electron chi connectivity index (χ3n) is 6.62. The van der Waals surface area contributed by atoms with Crippen LogP contribution in [0.1, 0.15) is 44.8 Å². The second kappa shape index (κ2) is 8.71. The number of hydrogen-bond acceptors (Lipinski definition) is 8. The maximum absolute atomic E-state index is 12.9. The van der Waals surface area contributed by atoms with Gasteiger partial charge in [0.2, 0.25) is 0 Å². The number of aromatic nitrogens is 4. The van der Waals surface area contributed by atoms with E-state index in [0.717, 1.165) is 90.1 Å². The number of nitrogens with zero attached hydrogens (tertiary/aromatic N) is 7. The molecule has 5 rings (SSSR count). The molecule has 168 valence electrons. The van der Waals surface area contributed by atoms with E-state index in [-0.39, 0.29) is 11.8 Å². The molecule has 5 heterocycles. The minimum atomic E-state index is 0.106. The summed E-state index contributed by atoms with van der Waals surface area (Å²) in [5.74, 6) is 0.393. The van der Waals surface area contributed by atoms with Crippen LogP contribution in [0.15, 0.2) is 18.6 Å². The van der Waals surface area contributed by atoms with Gasteiger partial charge in [0.05, 0.1) is 33.8 Å². The quantitative estimate of drug-likeness (QED) is 0.606. The van der Waals surface area contributed by atoms with Gasteiger partial charge in [0.15, 0.2) is 0 Å². The van der Waals surface area contributed by atoms with E-state index in [1.165, 1.54) is 11.3 Å². The van der Waals surface area contributed by atoms with Gasteiger partial charge in [-0.3, -0.25) is 9.78 Å². The number of amides is 1. The lowest BCUT2D eigenvalue weighted by atomic mass is 9.92. The molecular formula is C23H29N7OS. The highest BCUT2D eigenvalue weighted by molar-refractivity contribution is 7.13. The lowest BCUT2D eigenvalue weighted by Gasteiger charge is -2.34. The molecule has 2 saturated heterocycles. The smallest absolute Gasteiger partial charge is 0.265 e. The maximum atomic E-state index is 12.9. The van der Waals surface area contributed by atoms with Crippen LogP contribution in [0.4, 0.5) is 5.69 Å². The molecule has 0 saturated carbocycles. The minimum absolute atomic E-state index is 0.106. The van der Waals surface area contributed by atoms with Crippen molar-refractivity contribution in [2.45, 2.75) is 32.6 Å². The van der Waals surface area contributed by atoms with Crippen molar-refractivity contribution in [2.24, 2.45) is 0 Å². The van der Waals surface area contributed by atoms with Crippen molar-refractivity contribution in [2.75, 3.05) is 51.2 Å². The van der Waals surface area contributed by atoms with Crippen LogP contribution in [0.2, 0.25) is 0 Å². The van der Waals surface area contributed by atoms with Crippen molar-refractivity contribution in [1.29, 1.82) is 0 Å². The van der Waals surface area contributed by atoms with E-state index in [4.69, 9.17) is 4.98 Å². The molecule has 8 nitrogen and oxygen atoms in total. The first kappa shape index (κ1) is 21.2. The lowest BCUT2D eigenvalue weighted by molar-refractivity contribution is 0.0716. The predicted octanol–water partition coefficient (Wildman–Crippen LogP) is 2.87. The second-order valence-corrected chi connectivity index (χ2v) is 10.0. The highest BCUT2D eigenvalue weighted by Gasteiger charge is 2.29. The van der Waals surface area contributed by atoms with Crippen LogP contribution in [0, 0.1) is 13.8 Å². The van der Waals surface area contributed by atoms with E-state index < -0.39 is 0 Å². The van der Waals surface area contributed by atoms with E-state index in [0.29, 0.717) is 0 Å². The Balaban J connectivity index is 1.31. The third kappa shape index (κ3) is 4.06. The van der Waals surface area contributed by atoms with Gasteiger partial charge in [0.1, 0.15) is 16.7 Å². The zero-order chi connectivity index (χ0) is 22.2. The molecule has 0 spiro atoms. The van der Waals surface area contributed by atoms with E-state index in [1.807, 2.05) is 24.9 Å². The standard InChI is InChI=1S/C23H29N7OS/c1-15-22(32-16(2)27-15)23(31)30-6-4-17(5-7-30)20-21-19(25-14-26-20)12-18(13-24-21)29-10-8-28(3)9-11-29/h12-14,17H,4-11H2,1-3H3. The van der Waals surface area contributed by atoms with Crippen LogP contribution in [0.3, 0.4) is 0 Å². The Labute approximate surface area is 192 Å². The Hall–Kier alpha value is -2.65. The van der Waals surface area contributed by atoms with Gasteiger partial charge in [0.25, 0.3) is 5.91 Å². The van der Waals surface area contributed by atoms with E-state index in [9.17, 15) is 4.79 Å². The van der Waals surface area contributed by atoms with Crippen molar-refractivity contribution in [3.63, 3.8) is 0 Å². The number of likely N-dealkylation sites (tertiary alicyclic amines) is 1. The van der Waals surface area contributed by atoms with Crippen molar-refractivity contribution >= 4 is 34.0 Å². The highest BCUT2D eigenvalue weighted by atomic mass is 32.1. The molecule has 3 aromatic rings. The number of piperidine rings is 1. The Kier molecular flexibility index (Phi) is 5.77. The van der Waals surface area contributed by atoms with Gasteiger partial charge in [-0.1, -0.05) is 0 Å². The average molecular weight is 452 g/mol. The number of aryl methyl sites for hydroxylation is 2. The first-order chi connectivity index (χ1) is 15.5. The number of rotatable bonds is 3. The Morgan fingerprint density at radius 1 is 1.03 bits per heavy atom. The molecule has 2 fully saturated rings. The van der Waals surface area contributed by atoms with Gasteiger partial charge in [-0.15, -0.1) is 11.3 Å². The van der Waals surface area contributed by atoms with E-state index >= 15 is 0 Å².